The lowest BCUT2D eigenvalue weighted by atomic mass is 9.66. The summed E-state index contributed by atoms with van der Waals surface area (Å²) in [5.74, 6) is 0.621. The van der Waals surface area contributed by atoms with Crippen LogP contribution in [0.1, 0.15) is 80.1 Å². The second-order valence-electron chi connectivity index (χ2n) is 8.23. The third-order valence-electron chi connectivity index (χ3n) is 5.93. The van der Waals surface area contributed by atoms with E-state index in [0.717, 1.165) is 6.54 Å². The van der Waals surface area contributed by atoms with Gasteiger partial charge in [-0.3, -0.25) is 0 Å². The van der Waals surface area contributed by atoms with E-state index >= 15 is 0 Å². The zero-order chi connectivity index (χ0) is 15.0. The maximum atomic E-state index is 6.39. The van der Waals surface area contributed by atoms with E-state index in [0.29, 0.717) is 17.4 Å². The molecule has 1 heterocycles. The fraction of sp³-hybridized carbons (Fsp3) is 1.00. The smallest absolute Gasteiger partial charge is 0.0677 e. The van der Waals surface area contributed by atoms with Crippen LogP contribution in [0.3, 0.4) is 0 Å². The van der Waals surface area contributed by atoms with Gasteiger partial charge in [0.05, 0.1) is 11.2 Å². The van der Waals surface area contributed by atoms with Crippen LogP contribution in [0.5, 0.6) is 0 Å². The van der Waals surface area contributed by atoms with Crippen LogP contribution in [0, 0.1) is 11.3 Å². The Morgan fingerprint density at radius 2 is 1.70 bits per heavy atom. The standard InChI is InChI=1S/C18H35NO/c1-7-18(11-9-10-12-18)15(19-8-2)14-13-16(3,4)20-17(14,5)6/h14-15,19H,7-13H2,1-6H3. The topological polar surface area (TPSA) is 21.3 Å². The third kappa shape index (κ3) is 2.92. The van der Waals surface area contributed by atoms with Gasteiger partial charge < -0.3 is 10.1 Å². The summed E-state index contributed by atoms with van der Waals surface area (Å²) in [4.78, 5) is 0. The zero-order valence-corrected chi connectivity index (χ0v) is 14.5. The van der Waals surface area contributed by atoms with E-state index in [2.05, 4.69) is 46.9 Å². The minimum atomic E-state index is -0.0128. The van der Waals surface area contributed by atoms with E-state index in [1.807, 2.05) is 0 Å². The molecule has 2 nitrogen and oxygen atoms in total. The molecule has 20 heavy (non-hydrogen) atoms. The molecule has 1 saturated heterocycles. The maximum absolute atomic E-state index is 6.39. The molecule has 0 aromatic carbocycles. The minimum absolute atomic E-state index is 0.0128. The molecule has 1 aliphatic heterocycles. The molecule has 0 amide bonds. The second-order valence-corrected chi connectivity index (χ2v) is 8.23. The Bertz CT molecular complexity index is 328. The van der Waals surface area contributed by atoms with Gasteiger partial charge in [0.1, 0.15) is 0 Å². The molecule has 1 N–H and O–H groups in total. The molecule has 0 bridgehead atoms. The molecule has 0 aromatic rings. The van der Waals surface area contributed by atoms with E-state index in [4.69, 9.17) is 4.74 Å². The molecule has 0 aromatic heterocycles. The maximum Gasteiger partial charge on any atom is 0.0677 e. The summed E-state index contributed by atoms with van der Waals surface area (Å²) in [5.41, 5.74) is 0.512. The van der Waals surface area contributed by atoms with Gasteiger partial charge in [0.25, 0.3) is 0 Å². The minimum Gasteiger partial charge on any atom is -0.369 e. The van der Waals surface area contributed by atoms with Crippen molar-refractivity contribution in [1.82, 2.24) is 5.32 Å². The van der Waals surface area contributed by atoms with Crippen molar-refractivity contribution in [2.75, 3.05) is 6.54 Å². The summed E-state index contributed by atoms with van der Waals surface area (Å²) in [5, 5.41) is 3.87. The molecule has 2 unspecified atom stereocenters. The molecular formula is C18H35NO. The van der Waals surface area contributed by atoms with Gasteiger partial charge in [0.15, 0.2) is 0 Å². The Labute approximate surface area is 126 Å². The van der Waals surface area contributed by atoms with Crippen LogP contribution in [0.15, 0.2) is 0 Å². The molecule has 0 spiro atoms. The fourth-order valence-electron chi connectivity index (χ4n) is 5.09. The van der Waals surface area contributed by atoms with Crippen molar-refractivity contribution in [2.45, 2.75) is 97.3 Å². The molecule has 2 aliphatic rings. The first kappa shape index (κ1) is 16.3. The largest absolute Gasteiger partial charge is 0.369 e. The van der Waals surface area contributed by atoms with Gasteiger partial charge in [-0.25, -0.2) is 0 Å². The second kappa shape index (κ2) is 5.61. The van der Waals surface area contributed by atoms with Crippen LogP contribution in [0.4, 0.5) is 0 Å². The van der Waals surface area contributed by atoms with E-state index < -0.39 is 0 Å². The van der Waals surface area contributed by atoms with Crippen molar-refractivity contribution in [3.63, 3.8) is 0 Å². The van der Waals surface area contributed by atoms with E-state index in [1.54, 1.807) is 0 Å². The highest BCUT2D eigenvalue weighted by Gasteiger charge is 2.54. The van der Waals surface area contributed by atoms with Crippen LogP contribution in [-0.4, -0.2) is 23.8 Å². The average Bonchev–Trinajstić information content (AvgIpc) is 2.89. The lowest BCUT2D eigenvalue weighted by Gasteiger charge is -2.44. The first-order valence-electron chi connectivity index (χ1n) is 8.70. The Balaban J connectivity index is 2.28. The van der Waals surface area contributed by atoms with Gasteiger partial charge in [-0.15, -0.1) is 0 Å². The summed E-state index contributed by atoms with van der Waals surface area (Å²) in [6.45, 7) is 14.8. The third-order valence-corrected chi connectivity index (χ3v) is 5.93. The highest BCUT2D eigenvalue weighted by Crippen LogP contribution is 2.52. The van der Waals surface area contributed by atoms with Crippen LogP contribution >= 0.6 is 0 Å². The first-order chi connectivity index (χ1) is 9.26. The monoisotopic (exact) mass is 281 g/mol. The number of rotatable bonds is 5. The average molecular weight is 281 g/mol. The Morgan fingerprint density at radius 3 is 2.10 bits per heavy atom. The summed E-state index contributed by atoms with van der Waals surface area (Å²) in [6, 6.07) is 0.608. The lowest BCUT2D eigenvalue weighted by molar-refractivity contribution is -0.0833. The van der Waals surface area contributed by atoms with Crippen molar-refractivity contribution >= 4 is 0 Å². The highest BCUT2D eigenvalue weighted by molar-refractivity contribution is 5.06. The van der Waals surface area contributed by atoms with Gasteiger partial charge in [-0.05, 0) is 65.3 Å². The van der Waals surface area contributed by atoms with Gasteiger partial charge in [-0.1, -0.05) is 26.7 Å². The molecular weight excluding hydrogens is 246 g/mol. The summed E-state index contributed by atoms with van der Waals surface area (Å²) in [7, 11) is 0. The molecule has 1 saturated carbocycles. The van der Waals surface area contributed by atoms with E-state index in [9.17, 15) is 0 Å². The van der Waals surface area contributed by atoms with Gasteiger partial charge in [0, 0.05) is 12.0 Å². The van der Waals surface area contributed by atoms with Crippen molar-refractivity contribution in [1.29, 1.82) is 0 Å². The molecule has 2 heteroatoms. The SMILES string of the molecule is CCNC(C1CC(C)(C)OC1(C)C)C1(CC)CCCC1. The van der Waals surface area contributed by atoms with E-state index in [1.165, 1.54) is 38.5 Å². The zero-order valence-electron chi connectivity index (χ0n) is 14.5. The van der Waals surface area contributed by atoms with Gasteiger partial charge in [-0.2, -0.15) is 0 Å². The van der Waals surface area contributed by atoms with Crippen molar-refractivity contribution in [3.05, 3.63) is 0 Å². The molecule has 0 radical (unpaired) electrons. The predicted molar refractivity (Wildman–Crippen MR) is 86.0 cm³/mol. The van der Waals surface area contributed by atoms with Crippen molar-refractivity contribution in [2.24, 2.45) is 11.3 Å². The van der Waals surface area contributed by atoms with Crippen molar-refractivity contribution in [3.8, 4) is 0 Å². The number of nitrogens with one attached hydrogen (secondary N) is 1. The molecule has 2 fully saturated rings. The Morgan fingerprint density at radius 1 is 1.10 bits per heavy atom. The number of hydrogen-bond acceptors (Lipinski definition) is 2. The summed E-state index contributed by atoms with van der Waals surface area (Å²) >= 11 is 0. The number of ether oxygens (including phenoxy) is 1. The van der Waals surface area contributed by atoms with Crippen LogP contribution in [-0.2, 0) is 4.74 Å². The van der Waals surface area contributed by atoms with Crippen LogP contribution in [0.2, 0.25) is 0 Å². The molecule has 2 atom stereocenters. The summed E-state index contributed by atoms with van der Waals surface area (Å²) < 4.78 is 6.39. The fourth-order valence-corrected chi connectivity index (χ4v) is 5.09. The Hall–Kier alpha value is -0.0800. The molecule has 2 rings (SSSR count). The normalized spacial score (nSPS) is 32.4. The number of hydrogen-bond donors (Lipinski definition) is 1. The molecule has 1 aliphatic carbocycles. The first-order valence-corrected chi connectivity index (χ1v) is 8.70. The van der Waals surface area contributed by atoms with Crippen LogP contribution < -0.4 is 5.32 Å². The van der Waals surface area contributed by atoms with Crippen molar-refractivity contribution < 1.29 is 4.74 Å². The lowest BCUT2D eigenvalue weighted by Crippen LogP contribution is -2.53. The van der Waals surface area contributed by atoms with E-state index in [-0.39, 0.29) is 11.2 Å². The quantitative estimate of drug-likeness (QED) is 0.799. The predicted octanol–water partition coefficient (Wildman–Crippen LogP) is 4.53. The van der Waals surface area contributed by atoms with Crippen LogP contribution in [0.25, 0.3) is 0 Å². The van der Waals surface area contributed by atoms with Gasteiger partial charge >= 0.3 is 0 Å². The molecule has 118 valence electrons. The van der Waals surface area contributed by atoms with Gasteiger partial charge in [0.2, 0.25) is 0 Å². The Kier molecular flexibility index (Phi) is 4.57. The summed E-state index contributed by atoms with van der Waals surface area (Å²) in [6.07, 6.45) is 8.10. The highest BCUT2D eigenvalue weighted by atomic mass is 16.5.